The number of para-hydroxylation sites is 1. The van der Waals surface area contributed by atoms with Crippen LogP contribution < -0.4 is 5.30 Å². The van der Waals surface area contributed by atoms with Gasteiger partial charge in [0.25, 0.3) is 0 Å². The first-order valence-electron chi connectivity index (χ1n) is 11.7. The summed E-state index contributed by atoms with van der Waals surface area (Å²) >= 11 is 0. The van der Waals surface area contributed by atoms with E-state index in [1.54, 1.807) is 0 Å². The van der Waals surface area contributed by atoms with E-state index in [-0.39, 0.29) is 5.97 Å². The third-order valence-corrected chi connectivity index (χ3v) is 12.7. The molecule has 3 rings (SSSR count). The molecule has 0 aliphatic rings. The molecule has 31 heavy (non-hydrogen) atoms. The Morgan fingerprint density at radius 1 is 0.839 bits per heavy atom. The number of hydrogen-bond donors (Lipinski definition) is 1. The Bertz CT molecular complexity index is 962. The Hall–Kier alpha value is -2.26. The van der Waals surface area contributed by atoms with Crippen molar-refractivity contribution in [2.24, 2.45) is 0 Å². The van der Waals surface area contributed by atoms with Crippen LogP contribution in [0, 0.1) is 0 Å². The number of unbranched alkanes of at least 4 members (excludes halogenated alkanes) is 3. The molecule has 0 fully saturated rings. The van der Waals surface area contributed by atoms with Gasteiger partial charge in [-0.05, 0) is 0 Å². The van der Waals surface area contributed by atoms with Crippen molar-refractivity contribution in [1.29, 1.82) is 0 Å². The predicted molar refractivity (Wildman–Crippen MR) is 132 cm³/mol. The predicted octanol–water partition coefficient (Wildman–Crippen LogP) is 6.31. The molecule has 0 saturated heterocycles. The van der Waals surface area contributed by atoms with Gasteiger partial charge in [0.05, 0.1) is 0 Å². The average molecular weight is 442 g/mol. The van der Waals surface area contributed by atoms with E-state index in [0.717, 1.165) is 57.0 Å². The standard InChI is InChI=1S/C25H36N3O2P/c1-4-7-18-31(19-8-5-2,20-9-6-3,21-14-11-10-12-15-21)30-25(29)22-16-13-17-23-24(22)27-28-26-23/h10-17H,4-9,18-20H2,1-3H3,(H,26,27,28). The molecule has 5 nitrogen and oxygen atoms in total. The second-order valence-electron chi connectivity index (χ2n) is 8.57. The van der Waals surface area contributed by atoms with Crippen molar-refractivity contribution < 1.29 is 9.32 Å². The number of benzene rings is 2. The van der Waals surface area contributed by atoms with Gasteiger partial charge in [0.15, 0.2) is 0 Å². The molecule has 0 bridgehead atoms. The van der Waals surface area contributed by atoms with E-state index in [0.29, 0.717) is 16.6 Å². The first-order chi connectivity index (χ1) is 15.1. The zero-order valence-corrected chi connectivity index (χ0v) is 20.0. The summed E-state index contributed by atoms with van der Waals surface area (Å²) in [5.74, 6) is -0.260. The molecule has 0 amide bonds. The molecule has 0 saturated carbocycles. The van der Waals surface area contributed by atoms with Gasteiger partial charge in [-0.15, -0.1) is 0 Å². The monoisotopic (exact) mass is 441 g/mol. The van der Waals surface area contributed by atoms with Crippen molar-refractivity contribution in [1.82, 2.24) is 15.4 Å². The molecule has 6 heteroatoms. The van der Waals surface area contributed by atoms with Gasteiger partial charge in [-0.3, -0.25) is 0 Å². The van der Waals surface area contributed by atoms with Crippen LogP contribution >= 0.6 is 6.83 Å². The first-order valence-corrected chi connectivity index (χ1v) is 14.4. The van der Waals surface area contributed by atoms with E-state index in [9.17, 15) is 4.79 Å². The number of nitrogens with zero attached hydrogens (tertiary/aromatic N) is 2. The summed E-state index contributed by atoms with van der Waals surface area (Å²) in [5.41, 5.74) is 1.77. The number of H-pyrrole nitrogens is 1. The van der Waals surface area contributed by atoms with Gasteiger partial charge in [0.1, 0.15) is 0 Å². The summed E-state index contributed by atoms with van der Waals surface area (Å²) in [7, 11) is 0. The molecule has 1 aromatic heterocycles. The second-order valence-corrected chi connectivity index (χ2v) is 13.9. The molecule has 168 valence electrons. The number of carbonyl (C=O) groups is 1. The van der Waals surface area contributed by atoms with Gasteiger partial charge in [-0.2, -0.15) is 0 Å². The van der Waals surface area contributed by atoms with Crippen LogP contribution in [-0.2, 0) is 4.52 Å². The van der Waals surface area contributed by atoms with E-state index in [1.165, 1.54) is 5.30 Å². The molecular weight excluding hydrogens is 405 g/mol. The maximum absolute atomic E-state index is 13.8. The van der Waals surface area contributed by atoms with Crippen molar-refractivity contribution in [3.63, 3.8) is 0 Å². The van der Waals surface area contributed by atoms with Gasteiger partial charge in [0, 0.05) is 0 Å². The molecule has 2 aromatic carbocycles. The van der Waals surface area contributed by atoms with E-state index >= 15 is 0 Å². The summed E-state index contributed by atoms with van der Waals surface area (Å²) < 4.78 is 6.89. The number of aromatic amines is 1. The van der Waals surface area contributed by atoms with Crippen LogP contribution in [0.3, 0.4) is 0 Å². The van der Waals surface area contributed by atoms with Gasteiger partial charge in [0.2, 0.25) is 0 Å². The third-order valence-electron chi connectivity index (χ3n) is 6.39. The van der Waals surface area contributed by atoms with Crippen LogP contribution in [0.15, 0.2) is 48.5 Å². The zero-order valence-electron chi connectivity index (χ0n) is 19.1. The third kappa shape index (κ3) is 4.82. The Balaban J connectivity index is 2.16. The van der Waals surface area contributed by atoms with E-state index in [1.807, 2.05) is 24.3 Å². The summed E-state index contributed by atoms with van der Waals surface area (Å²) in [6.07, 6.45) is 9.27. The molecule has 3 aromatic rings. The molecule has 0 unspecified atom stereocenters. The fraction of sp³-hybridized carbons (Fsp3) is 0.480. The van der Waals surface area contributed by atoms with Crippen molar-refractivity contribution in [3.8, 4) is 0 Å². The molecule has 0 radical (unpaired) electrons. The zero-order chi connectivity index (χ0) is 22.2. The van der Waals surface area contributed by atoms with Crippen molar-refractivity contribution in [3.05, 3.63) is 54.1 Å². The molecule has 0 aliphatic carbocycles. The minimum atomic E-state index is -3.01. The second kappa shape index (κ2) is 10.4. The van der Waals surface area contributed by atoms with Crippen molar-refractivity contribution in [2.75, 3.05) is 18.5 Å². The number of fused-ring (bicyclic) bond motifs is 1. The van der Waals surface area contributed by atoms with E-state index in [2.05, 4.69) is 60.4 Å². The Morgan fingerprint density at radius 3 is 2.03 bits per heavy atom. The number of rotatable bonds is 12. The summed E-state index contributed by atoms with van der Waals surface area (Å²) in [4.78, 5) is 13.8. The molecule has 0 spiro atoms. The molecule has 0 atom stereocenters. The normalized spacial score (nSPS) is 13.1. The number of aromatic nitrogens is 3. The Labute approximate surface area is 186 Å². The number of carbonyl (C=O) groups excluding carboxylic acids is 1. The van der Waals surface area contributed by atoms with Crippen LogP contribution in [0.4, 0.5) is 0 Å². The maximum atomic E-state index is 13.8. The Kier molecular flexibility index (Phi) is 7.83. The van der Waals surface area contributed by atoms with Crippen molar-refractivity contribution in [2.45, 2.75) is 59.3 Å². The van der Waals surface area contributed by atoms with E-state index < -0.39 is 6.83 Å². The summed E-state index contributed by atoms with van der Waals surface area (Å²) in [5, 5.41) is 12.3. The SMILES string of the molecule is CCCCP(CCCC)(CCCC)(OC(=O)c1cccc2n[nH]nc12)c1ccccc1. The average Bonchev–Trinajstić information content (AvgIpc) is 3.30. The van der Waals surface area contributed by atoms with Crippen LogP contribution in [0.2, 0.25) is 0 Å². The topological polar surface area (TPSA) is 67.9 Å². The number of nitrogens with one attached hydrogen (secondary N) is 1. The van der Waals surface area contributed by atoms with Gasteiger partial charge in [-0.1, -0.05) is 0 Å². The van der Waals surface area contributed by atoms with Crippen LogP contribution in [-0.4, -0.2) is 39.9 Å². The van der Waals surface area contributed by atoms with Gasteiger partial charge >= 0.3 is 186 Å². The fourth-order valence-electron chi connectivity index (χ4n) is 4.59. The summed E-state index contributed by atoms with van der Waals surface area (Å²) in [6, 6.07) is 16.1. The van der Waals surface area contributed by atoms with Crippen molar-refractivity contribution >= 4 is 29.1 Å². The fourth-order valence-corrected chi connectivity index (χ4v) is 11.0. The van der Waals surface area contributed by atoms with Crippen LogP contribution in [0.1, 0.15) is 69.7 Å². The quantitative estimate of drug-likeness (QED) is 0.335. The van der Waals surface area contributed by atoms with Gasteiger partial charge < -0.3 is 0 Å². The van der Waals surface area contributed by atoms with Crippen LogP contribution in [0.5, 0.6) is 0 Å². The molecular formula is C25H36N3O2P. The summed E-state index contributed by atoms with van der Waals surface area (Å²) in [6.45, 7) is 3.63. The molecule has 1 N–H and O–H groups in total. The first kappa shape index (κ1) is 23.4. The van der Waals surface area contributed by atoms with Crippen LogP contribution in [0.25, 0.3) is 11.0 Å². The van der Waals surface area contributed by atoms with E-state index in [4.69, 9.17) is 4.52 Å². The van der Waals surface area contributed by atoms with Gasteiger partial charge in [-0.25, -0.2) is 0 Å². The molecule has 0 aliphatic heterocycles. The number of hydrogen-bond acceptors (Lipinski definition) is 4. The minimum absolute atomic E-state index is 0.260. The molecule has 1 heterocycles. The Morgan fingerprint density at radius 2 is 1.45 bits per heavy atom.